The first-order valence-electron chi connectivity index (χ1n) is 10.6. The van der Waals surface area contributed by atoms with Crippen LogP contribution < -0.4 is 10.6 Å². The number of carbonyl (C=O) groups is 1. The van der Waals surface area contributed by atoms with Crippen LogP contribution in [0, 0.1) is 34.5 Å². The molecule has 154 valence electrons. The lowest BCUT2D eigenvalue weighted by molar-refractivity contribution is -0.146. The molecular formula is C23H24ClN5O. The maximum Gasteiger partial charge on any atom is 0.224 e. The third-order valence-electron chi connectivity index (χ3n) is 7.06. The number of Topliss-reactive ketones (excluding diaryl/α,β-unsaturated/α-hetero) is 1. The first-order chi connectivity index (χ1) is 14.5. The minimum Gasteiger partial charge on any atom is -0.368 e. The fourth-order valence-corrected chi connectivity index (χ4v) is 6.10. The Bertz CT molecular complexity index is 1010. The van der Waals surface area contributed by atoms with Gasteiger partial charge < -0.3 is 10.6 Å². The molecule has 1 aromatic carbocycles. The summed E-state index contributed by atoms with van der Waals surface area (Å²) in [5.74, 6) is 2.66. The standard InChI is InChI=1S/C23H24ClN5O/c24-19-4-2-1-3-15(19)11-26-22-27-12-18(10-25)21(29-22)28-13-23-7-14-5-16(8-23)20(30)17(6-14)9-23/h1-4,12,14,16-17H,5-9,11,13H2,(H2,26,27,28,29)/t14?,16-,17+,23+. The largest absolute Gasteiger partial charge is 0.368 e. The van der Waals surface area contributed by atoms with Gasteiger partial charge in [0.25, 0.3) is 0 Å². The van der Waals surface area contributed by atoms with Crippen LogP contribution in [-0.4, -0.2) is 22.3 Å². The summed E-state index contributed by atoms with van der Waals surface area (Å²) in [4.78, 5) is 21.3. The maximum atomic E-state index is 12.4. The van der Waals surface area contributed by atoms with Crippen molar-refractivity contribution < 1.29 is 4.79 Å². The van der Waals surface area contributed by atoms with Crippen molar-refractivity contribution in [2.24, 2.45) is 23.2 Å². The summed E-state index contributed by atoms with van der Waals surface area (Å²) in [5.41, 5.74) is 1.53. The van der Waals surface area contributed by atoms with Crippen molar-refractivity contribution in [3.63, 3.8) is 0 Å². The van der Waals surface area contributed by atoms with Gasteiger partial charge in [0.15, 0.2) is 0 Å². The molecule has 0 radical (unpaired) electrons. The number of hydrogen-bond acceptors (Lipinski definition) is 6. The molecule has 30 heavy (non-hydrogen) atoms. The Morgan fingerprint density at radius 2 is 1.93 bits per heavy atom. The highest BCUT2D eigenvalue weighted by molar-refractivity contribution is 6.31. The molecule has 4 aliphatic rings. The van der Waals surface area contributed by atoms with Crippen molar-refractivity contribution in [1.29, 1.82) is 5.26 Å². The van der Waals surface area contributed by atoms with E-state index in [2.05, 4.69) is 26.7 Å². The molecule has 4 fully saturated rings. The molecule has 6 nitrogen and oxygen atoms in total. The van der Waals surface area contributed by atoms with E-state index in [4.69, 9.17) is 11.6 Å². The molecule has 4 bridgehead atoms. The summed E-state index contributed by atoms with van der Waals surface area (Å²) in [6, 6.07) is 9.81. The Kier molecular flexibility index (Phi) is 4.86. The number of rotatable bonds is 6. The number of nitriles is 1. The number of hydrogen-bond donors (Lipinski definition) is 2. The van der Waals surface area contributed by atoms with E-state index in [9.17, 15) is 10.1 Å². The summed E-state index contributed by atoms with van der Waals surface area (Å²) in [6.45, 7) is 1.25. The van der Waals surface area contributed by atoms with E-state index >= 15 is 0 Å². The number of nitrogens with one attached hydrogen (secondary N) is 2. The predicted molar refractivity (Wildman–Crippen MR) is 115 cm³/mol. The zero-order chi connectivity index (χ0) is 20.7. The zero-order valence-corrected chi connectivity index (χ0v) is 17.5. The topological polar surface area (TPSA) is 90.7 Å². The van der Waals surface area contributed by atoms with Gasteiger partial charge in [0.1, 0.15) is 23.2 Å². The highest BCUT2D eigenvalue weighted by atomic mass is 35.5. The van der Waals surface area contributed by atoms with Crippen molar-refractivity contribution in [3.05, 3.63) is 46.6 Å². The first-order valence-corrected chi connectivity index (χ1v) is 10.9. The molecule has 6 rings (SSSR count). The van der Waals surface area contributed by atoms with Crippen LogP contribution in [0.5, 0.6) is 0 Å². The van der Waals surface area contributed by atoms with Gasteiger partial charge in [-0.25, -0.2) is 4.98 Å². The van der Waals surface area contributed by atoms with Crippen LogP contribution in [0.25, 0.3) is 0 Å². The lowest BCUT2D eigenvalue weighted by Gasteiger charge is -2.55. The summed E-state index contributed by atoms with van der Waals surface area (Å²) in [6.07, 6.45) is 6.81. The van der Waals surface area contributed by atoms with E-state index in [0.717, 1.165) is 37.8 Å². The Labute approximate surface area is 181 Å². The number of nitrogens with zero attached hydrogens (tertiary/aromatic N) is 3. The van der Waals surface area contributed by atoms with Gasteiger partial charge in [-0.15, -0.1) is 0 Å². The van der Waals surface area contributed by atoms with Gasteiger partial charge in [-0.1, -0.05) is 29.8 Å². The SMILES string of the molecule is N#Cc1cnc(NCc2ccccc2Cl)nc1NC[C@@]12CC3C[C@H](C1)C(=O)[C@@H](C3)C2. The number of carbonyl (C=O) groups excluding carboxylic acids is 1. The third kappa shape index (κ3) is 3.52. The molecule has 0 amide bonds. The molecule has 7 heteroatoms. The number of ketones is 1. The second kappa shape index (κ2) is 7.55. The van der Waals surface area contributed by atoms with Crippen LogP contribution in [-0.2, 0) is 11.3 Å². The first kappa shape index (κ1) is 19.3. The minimum absolute atomic E-state index is 0.146. The number of halogens is 1. The van der Waals surface area contributed by atoms with Crippen LogP contribution in [0.2, 0.25) is 5.02 Å². The fourth-order valence-electron chi connectivity index (χ4n) is 5.90. The highest BCUT2D eigenvalue weighted by Gasteiger charge is 2.54. The predicted octanol–water partition coefficient (Wildman–Crippen LogP) is 4.42. The van der Waals surface area contributed by atoms with E-state index in [-0.39, 0.29) is 17.3 Å². The van der Waals surface area contributed by atoms with E-state index in [1.54, 1.807) is 6.20 Å². The van der Waals surface area contributed by atoms with Gasteiger partial charge >= 0.3 is 0 Å². The van der Waals surface area contributed by atoms with Crippen molar-refractivity contribution in [2.75, 3.05) is 17.2 Å². The van der Waals surface area contributed by atoms with E-state index in [0.29, 0.717) is 40.6 Å². The Hall–Kier alpha value is -2.65. The minimum atomic E-state index is 0.146. The van der Waals surface area contributed by atoms with Crippen LogP contribution in [0.15, 0.2) is 30.5 Å². The smallest absolute Gasteiger partial charge is 0.224 e. The molecule has 0 spiro atoms. The quantitative estimate of drug-likeness (QED) is 0.717. The molecular weight excluding hydrogens is 398 g/mol. The van der Waals surface area contributed by atoms with Gasteiger partial charge in [-0.2, -0.15) is 10.2 Å². The molecule has 2 aromatic rings. The van der Waals surface area contributed by atoms with Crippen LogP contribution in [0.1, 0.15) is 43.2 Å². The Morgan fingerprint density at radius 3 is 2.67 bits per heavy atom. The summed E-state index contributed by atoms with van der Waals surface area (Å²) in [5, 5.41) is 16.8. The van der Waals surface area contributed by atoms with E-state index in [1.165, 1.54) is 6.42 Å². The van der Waals surface area contributed by atoms with Crippen molar-refractivity contribution in [1.82, 2.24) is 9.97 Å². The van der Waals surface area contributed by atoms with Crippen LogP contribution >= 0.6 is 11.6 Å². The molecule has 4 atom stereocenters. The maximum absolute atomic E-state index is 12.4. The molecule has 1 heterocycles. The summed E-state index contributed by atoms with van der Waals surface area (Å²) < 4.78 is 0. The van der Waals surface area contributed by atoms with Crippen LogP contribution in [0.4, 0.5) is 11.8 Å². The molecule has 4 saturated carbocycles. The van der Waals surface area contributed by atoms with E-state index < -0.39 is 0 Å². The lowest BCUT2D eigenvalue weighted by Crippen LogP contribution is -2.53. The van der Waals surface area contributed by atoms with Crippen LogP contribution in [0.3, 0.4) is 0 Å². The van der Waals surface area contributed by atoms with Gasteiger partial charge in [-0.05, 0) is 55.1 Å². The third-order valence-corrected chi connectivity index (χ3v) is 7.42. The lowest BCUT2D eigenvalue weighted by atomic mass is 9.49. The molecule has 1 unspecified atom stereocenters. The van der Waals surface area contributed by atoms with Gasteiger partial charge in [0.2, 0.25) is 5.95 Å². The average molecular weight is 422 g/mol. The second-order valence-electron chi connectivity index (χ2n) is 9.11. The fraction of sp³-hybridized carbons (Fsp3) is 0.478. The van der Waals surface area contributed by atoms with Gasteiger partial charge in [-0.3, -0.25) is 4.79 Å². The molecule has 0 aliphatic heterocycles. The zero-order valence-electron chi connectivity index (χ0n) is 16.7. The highest BCUT2D eigenvalue weighted by Crippen LogP contribution is 2.58. The summed E-state index contributed by atoms with van der Waals surface area (Å²) >= 11 is 6.22. The number of aromatic nitrogens is 2. The van der Waals surface area contributed by atoms with Crippen molar-refractivity contribution in [3.8, 4) is 6.07 Å². The number of benzene rings is 1. The number of anilines is 2. The summed E-state index contributed by atoms with van der Waals surface area (Å²) in [7, 11) is 0. The molecule has 1 aromatic heterocycles. The Morgan fingerprint density at radius 1 is 1.17 bits per heavy atom. The molecule has 2 N–H and O–H groups in total. The Balaban J connectivity index is 1.30. The van der Waals surface area contributed by atoms with Gasteiger partial charge in [0.05, 0.1) is 6.20 Å². The molecule has 4 aliphatic carbocycles. The van der Waals surface area contributed by atoms with Gasteiger partial charge in [0, 0.05) is 29.9 Å². The monoisotopic (exact) mass is 421 g/mol. The normalized spacial score (nSPS) is 28.9. The second-order valence-corrected chi connectivity index (χ2v) is 9.52. The van der Waals surface area contributed by atoms with E-state index in [1.807, 2.05) is 24.3 Å². The van der Waals surface area contributed by atoms with Crippen molar-refractivity contribution >= 4 is 29.2 Å². The average Bonchev–Trinajstić information content (AvgIpc) is 2.75. The molecule has 0 saturated heterocycles. The van der Waals surface area contributed by atoms with Crippen molar-refractivity contribution in [2.45, 2.75) is 38.6 Å².